The van der Waals surface area contributed by atoms with Crippen LogP contribution >= 0.6 is 0 Å². The van der Waals surface area contributed by atoms with Gasteiger partial charge in [-0.2, -0.15) is 0 Å². The van der Waals surface area contributed by atoms with Crippen LogP contribution in [0.2, 0.25) is 0 Å². The first-order valence-corrected chi connectivity index (χ1v) is 8.71. The topological polar surface area (TPSA) is 57.2 Å². The van der Waals surface area contributed by atoms with Gasteiger partial charge >= 0.3 is 0 Å². The summed E-state index contributed by atoms with van der Waals surface area (Å²) in [5.41, 5.74) is 1.42. The zero-order valence-electron chi connectivity index (χ0n) is 16.7. The lowest BCUT2D eigenvalue weighted by Gasteiger charge is -2.21. The second-order valence-corrected chi connectivity index (χ2v) is 6.35. The average Bonchev–Trinajstić information content (AvgIpc) is 2.66. The van der Waals surface area contributed by atoms with Gasteiger partial charge in [0.2, 0.25) is 5.75 Å². The molecule has 0 heterocycles. The molecule has 0 saturated heterocycles. The molecule has 6 heteroatoms. The third kappa shape index (κ3) is 4.84. The summed E-state index contributed by atoms with van der Waals surface area (Å²) in [7, 11) is 6.44. The quantitative estimate of drug-likeness (QED) is 0.705. The number of methoxy groups -OCH3 is 3. The van der Waals surface area contributed by atoms with E-state index in [1.165, 1.54) is 0 Å². The number of carbonyl (C=O) groups is 1. The van der Waals surface area contributed by atoms with Gasteiger partial charge in [-0.25, -0.2) is 0 Å². The largest absolute Gasteiger partial charge is 0.493 e. The Labute approximate surface area is 160 Å². The van der Waals surface area contributed by atoms with Crippen molar-refractivity contribution in [2.75, 3.05) is 28.4 Å². The molecule has 0 aromatic heterocycles. The minimum atomic E-state index is -0.0945. The van der Waals surface area contributed by atoms with Gasteiger partial charge in [0, 0.05) is 24.7 Å². The molecule has 0 radical (unpaired) electrons. The molecule has 0 aliphatic carbocycles. The average molecular weight is 373 g/mol. The molecule has 0 aliphatic rings. The Morgan fingerprint density at radius 3 is 2.07 bits per heavy atom. The normalized spacial score (nSPS) is 10.5. The first-order valence-electron chi connectivity index (χ1n) is 8.71. The summed E-state index contributed by atoms with van der Waals surface area (Å²) in [4.78, 5) is 14.4. The van der Waals surface area contributed by atoms with E-state index in [9.17, 15) is 4.79 Å². The van der Waals surface area contributed by atoms with Gasteiger partial charge in [-0.3, -0.25) is 4.79 Å². The summed E-state index contributed by atoms with van der Waals surface area (Å²) >= 11 is 0. The van der Waals surface area contributed by atoms with Crippen molar-refractivity contribution in [2.24, 2.45) is 0 Å². The van der Waals surface area contributed by atoms with E-state index in [2.05, 4.69) is 0 Å². The highest BCUT2D eigenvalue weighted by atomic mass is 16.5. The molecule has 0 unspecified atom stereocenters. The van der Waals surface area contributed by atoms with Crippen LogP contribution in [-0.4, -0.2) is 45.3 Å². The number of carbonyl (C=O) groups excluding carboxylic acids is 1. The minimum Gasteiger partial charge on any atom is -0.493 e. The number of nitrogens with zero attached hydrogens (tertiary/aromatic N) is 1. The molecule has 1 amide bonds. The Morgan fingerprint density at radius 2 is 1.56 bits per heavy atom. The van der Waals surface area contributed by atoms with E-state index in [-0.39, 0.29) is 12.0 Å². The van der Waals surface area contributed by atoms with E-state index >= 15 is 0 Å². The first kappa shape index (κ1) is 20.4. The Morgan fingerprint density at radius 1 is 0.926 bits per heavy atom. The van der Waals surface area contributed by atoms with Crippen molar-refractivity contribution in [1.29, 1.82) is 0 Å². The van der Waals surface area contributed by atoms with Crippen molar-refractivity contribution < 1.29 is 23.7 Å². The van der Waals surface area contributed by atoms with Crippen molar-refractivity contribution >= 4 is 5.91 Å². The van der Waals surface area contributed by atoms with E-state index < -0.39 is 0 Å². The van der Waals surface area contributed by atoms with Gasteiger partial charge in [0.1, 0.15) is 5.75 Å². The Hall–Kier alpha value is -2.89. The molecule has 146 valence electrons. The number of hydrogen-bond donors (Lipinski definition) is 0. The molecule has 0 N–H and O–H groups in total. The van der Waals surface area contributed by atoms with Crippen molar-refractivity contribution in [3.63, 3.8) is 0 Å². The fraction of sp³-hybridized carbons (Fsp3) is 0.381. The van der Waals surface area contributed by atoms with Crippen LogP contribution in [0.5, 0.6) is 23.0 Å². The predicted octanol–water partition coefficient (Wildman–Crippen LogP) is 3.77. The molecule has 0 atom stereocenters. The third-order valence-electron chi connectivity index (χ3n) is 4.01. The summed E-state index contributed by atoms with van der Waals surface area (Å²) in [6.45, 7) is 4.29. The fourth-order valence-corrected chi connectivity index (χ4v) is 2.78. The lowest BCUT2D eigenvalue weighted by Crippen LogP contribution is -2.26. The van der Waals surface area contributed by atoms with Gasteiger partial charge in [0.05, 0.1) is 27.4 Å². The van der Waals surface area contributed by atoms with Crippen LogP contribution in [0, 0.1) is 0 Å². The highest BCUT2D eigenvalue weighted by Crippen LogP contribution is 2.40. The van der Waals surface area contributed by atoms with E-state index in [0.29, 0.717) is 29.4 Å². The second-order valence-electron chi connectivity index (χ2n) is 6.35. The van der Waals surface area contributed by atoms with E-state index in [0.717, 1.165) is 11.3 Å². The molecule has 2 rings (SSSR count). The zero-order chi connectivity index (χ0) is 20.0. The lowest BCUT2D eigenvalue weighted by atomic mass is 10.1. The van der Waals surface area contributed by atoms with Crippen LogP contribution in [0.3, 0.4) is 0 Å². The van der Waals surface area contributed by atoms with Crippen molar-refractivity contribution in [3.05, 3.63) is 47.5 Å². The van der Waals surface area contributed by atoms with Crippen LogP contribution in [0.4, 0.5) is 0 Å². The monoisotopic (exact) mass is 373 g/mol. The van der Waals surface area contributed by atoms with Crippen molar-refractivity contribution in [3.8, 4) is 23.0 Å². The lowest BCUT2D eigenvalue weighted by molar-refractivity contribution is 0.0784. The molecular formula is C21H27NO5. The van der Waals surface area contributed by atoms with Crippen molar-refractivity contribution in [1.82, 2.24) is 4.90 Å². The maximum atomic E-state index is 12.7. The van der Waals surface area contributed by atoms with E-state index in [4.69, 9.17) is 18.9 Å². The van der Waals surface area contributed by atoms with E-state index in [1.807, 2.05) is 19.9 Å². The van der Waals surface area contributed by atoms with Gasteiger partial charge < -0.3 is 23.8 Å². The van der Waals surface area contributed by atoms with Gasteiger partial charge in [0.15, 0.2) is 11.5 Å². The van der Waals surface area contributed by atoms with E-state index in [1.54, 1.807) is 63.6 Å². The molecule has 2 aromatic rings. The Balaban J connectivity index is 2.19. The molecular weight excluding hydrogens is 346 g/mol. The summed E-state index contributed by atoms with van der Waals surface area (Å²) in [6, 6.07) is 10.8. The highest BCUT2D eigenvalue weighted by molar-refractivity contribution is 5.94. The molecule has 2 aromatic carbocycles. The van der Waals surface area contributed by atoms with Gasteiger partial charge in [-0.15, -0.1) is 0 Å². The zero-order valence-corrected chi connectivity index (χ0v) is 16.7. The van der Waals surface area contributed by atoms with Crippen LogP contribution in [-0.2, 0) is 6.54 Å². The smallest absolute Gasteiger partial charge is 0.253 e. The Kier molecular flexibility index (Phi) is 6.93. The van der Waals surface area contributed by atoms with Crippen molar-refractivity contribution in [2.45, 2.75) is 26.5 Å². The molecule has 0 aliphatic heterocycles. The molecule has 0 spiro atoms. The SMILES string of the molecule is COc1ccc(CN(C)C(=O)c2ccc(OC(C)C)cc2)c(OC)c1OC. The molecule has 27 heavy (non-hydrogen) atoms. The number of hydrogen-bond acceptors (Lipinski definition) is 5. The van der Waals surface area contributed by atoms with Crippen LogP contribution in [0.25, 0.3) is 0 Å². The van der Waals surface area contributed by atoms with Gasteiger partial charge in [-0.05, 0) is 50.2 Å². The summed E-state index contributed by atoms with van der Waals surface area (Å²) in [5.74, 6) is 2.28. The molecule has 0 fully saturated rings. The van der Waals surface area contributed by atoms with Crippen LogP contribution in [0.1, 0.15) is 29.8 Å². The van der Waals surface area contributed by atoms with Gasteiger partial charge in [0.25, 0.3) is 5.91 Å². The number of benzene rings is 2. The maximum absolute atomic E-state index is 12.7. The van der Waals surface area contributed by atoms with Crippen LogP contribution < -0.4 is 18.9 Å². The number of ether oxygens (including phenoxy) is 4. The molecule has 0 saturated carbocycles. The standard InChI is InChI=1S/C21H27NO5/c1-14(2)27-17-10-7-15(8-11-17)21(23)22(3)13-16-9-12-18(24-4)20(26-6)19(16)25-5/h7-12,14H,13H2,1-6H3. The van der Waals surface area contributed by atoms with Crippen LogP contribution in [0.15, 0.2) is 36.4 Å². The maximum Gasteiger partial charge on any atom is 0.253 e. The molecule has 6 nitrogen and oxygen atoms in total. The number of amides is 1. The predicted molar refractivity (Wildman–Crippen MR) is 104 cm³/mol. The summed E-state index contributed by atoms with van der Waals surface area (Å²) in [6.07, 6.45) is 0.0896. The fourth-order valence-electron chi connectivity index (χ4n) is 2.78. The summed E-state index contributed by atoms with van der Waals surface area (Å²) in [5, 5.41) is 0. The first-order chi connectivity index (χ1) is 12.9. The second kappa shape index (κ2) is 9.16. The third-order valence-corrected chi connectivity index (χ3v) is 4.01. The molecule has 0 bridgehead atoms. The summed E-state index contributed by atoms with van der Waals surface area (Å²) < 4.78 is 21.8. The Bertz CT molecular complexity index is 771. The van der Waals surface area contributed by atoms with Gasteiger partial charge in [-0.1, -0.05) is 0 Å². The number of rotatable bonds is 8. The minimum absolute atomic E-state index is 0.0896. The highest BCUT2D eigenvalue weighted by Gasteiger charge is 2.19.